The topological polar surface area (TPSA) is 105 Å². The molecule has 1 saturated heterocycles. The predicted octanol–water partition coefficient (Wildman–Crippen LogP) is 0.480. The third-order valence-electron chi connectivity index (χ3n) is 3.45. The molecule has 0 aliphatic carbocycles. The van der Waals surface area contributed by atoms with Gasteiger partial charge in [-0.25, -0.2) is 4.79 Å². The highest BCUT2D eigenvalue weighted by Gasteiger charge is 2.48. The van der Waals surface area contributed by atoms with Crippen molar-refractivity contribution in [3.05, 3.63) is 29.8 Å². The van der Waals surface area contributed by atoms with Gasteiger partial charge >= 0.3 is 5.97 Å². The van der Waals surface area contributed by atoms with Gasteiger partial charge in [-0.3, -0.25) is 0 Å². The number of aromatic hydroxyl groups is 1. The van der Waals surface area contributed by atoms with Gasteiger partial charge in [0.05, 0.1) is 7.11 Å². The number of ether oxygens (including phenoxy) is 3. The van der Waals surface area contributed by atoms with Crippen molar-refractivity contribution in [2.75, 3.05) is 7.11 Å². The molecule has 0 aromatic heterocycles. The zero-order chi connectivity index (χ0) is 16.5. The summed E-state index contributed by atoms with van der Waals surface area (Å²) in [5.41, 5.74) is 0.643. The van der Waals surface area contributed by atoms with Gasteiger partial charge in [0.15, 0.2) is 11.9 Å². The van der Waals surface area contributed by atoms with Gasteiger partial charge < -0.3 is 29.5 Å². The van der Waals surface area contributed by atoms with Gasteiger partial charge in [-0.15, -0.1) is 0 Å². The van der Waals surface area contributed by atoms with Crippen molar-refractivity contribution in [1.82, 2.24) is 0 Å². The van der Waals surface area contributed by atoms with E-state index in [1.165, 1.54) is 12.1 Å². The Balaban J connectivity index is 2.26. The van der Waals surface area contributed by atoms with E-state index in [0.717, 1.165) is 7.11 Å². The normalized spacial score (nSPS) is 26.4. The van der Waals surface area contributed by atoms with Crippen molar-refractivity contribution in [1.29, 1.82) is 0 Å². The van der Waals surface area contributed by atoms with E-state index in [1.54, 1.807) is 26.0 Å². The molecule has 0 bridgehead atoms. The molecule has 1 fully saturated rings. The largest absolute Gasteiger partial charge is 0.508 e. The van der Waals surface area contributed by atoms with Crippen LogP contribution in [-0.2, 0) is 19.0 Å². The number of aliphatic hydroxyl groups excluding tert-OH is 2. The summed E-state index contributed by atoms with van der Waals surface area (Å²) < 4.78 is 15.8. The van der Waals surface area contributed by atoms with E-state index in [0.29, 0.717) is 5.56 Å². The van der Waals surface area contributed by atoms with Crippen LogP contribution in [0.3, 0.4) is 0 Å². The maximum absolute atomic E-state index is 11.4. The van der Waals surface area contributed by atoms with Crippen LogP contribution in [0.1, 0.15) is 25.5 Å². The quantitative estimate of drug-likeness (QED) is 0.694. The van der Waals surface area contributed by atoms with E-state index in [4.69, 9.17) is 9.47 Å². The Labute approximate surface area is 128 Å². The molecule has 0 spiro atoms. The minimum absolute atomic E-state index is 0.0913. The van der Waals surface area contributed by atoms with Crippen LogP contribution in [0.15, 0.2) is 24.3 Å². The lowest BCUT2D eigenvalue weighted by Crippen LogP contribution is -2.45. The first-order valence-electron chi connectivity index (χ1n) is 6.83. The Morgan fingerprint density at radius 1 is 1.23 bits per heavy atom. The number of phenolic OH excluding ortho intramolecular Hbond substituents is 1. The average molecular weight is 312 g/mol. The number of carbonyl (C=O) groups is 1. The first kappa shape index (κ1) is 16.7. The van der Waals surface area contributed by atoms with Crippen LogP contribution < -0.4 is 0 Å². The molecule has 0 amide bonds. The third-order valence-corrected chi connectivity index (χ3v) is 3.45. The number of methoxy groups -OCH3 is 1. The lowest BCUT2D eigenvalue weighted by atomic mass is 9.97. The van der Waals surface area contributed by atoms with Gasteiger partial charge in [-0.1, -0.05) is 12.1 Å². The van der Waals surface area contributed by atoms with Crippen molar-refractivity contribution in [2.24, 2.45) is 0 Å². The second-order valence-electron chi connectivity index (χ2n) is 5.57. The zero-order valence-electron chi connectivity index (χ0n) is 12.6. The fourth-order valence-corrected chi connectivity index (χ4v) is 2.40. The van der Waals surface area contributed by atoms with Crippen LogP contribution in [0.4, 0.5) is 0 Å². The predicted molar refractivity (Wildman–Crippen MR) is 74.9 cm³/mol. The maximum Gasteiger partial charge on any atom is 0.337 e. The van der Waals surface area contributed by atoms with E-state index in [2.05, 4.69) is 4.74 Å². The summed E-state index contributed by atoms with van der Waals surface area (Å²) in [6.45, 7) is 3.33. The van der Waals surface area contributed by atoms with Crippen LogP contribution >= 0.6 is 0 Å². The molecule has 7 heteroatoms. The molecular weight excluding hydrogens is 292 g/mol. The molecule has 0 saturated carbocycles. The number of benzene rings is 1. The lowest BCUT2D eigenvalue weighted by molar-refractivity contribution is -0.175. The third kappa shape index (κ3) is 3.38. The Bertz CT molecular complexity index is 525. The first-order valence-corrected chi connectivity index (χ1v) is 6.83. The molecule has 0 radical (unpaired) electrons. The summed E-state index contributed by atoms with van der Waals surface area (Å²) in [6.07, 6.45) is -4.93. The van der Waals surface area contributed by atoms with E-state index in [1.807, 2.05) is 0 Å². The molecule has 2 rings (SSSR count). The van der Waals surface area contributed by atoms with Crippen LogP contribution in [-0.4, -0.2) is 52.5 Å². The van der Waals surface area contributed by atoms with Gasteiger partial charge in [0, 0.05) is 0 Å². The number of rotatable bonds is 4. The van der Waals surface area contributed by atoms with E-state index in [9.17, 15) is 20.1 Å². The molecule has 1 aromatic carbocycles. The zero-order valence-corrected chi connectivity index (χ0v) is 12.6. The molecule has 1 aliphatic rings. The van der Waals surface area contributed by atoms with Crippen LogP contribution in [0, 0.1) is 0 Å². The fraction of sp³-hybridized carbons (Fsp3) is 0.533. The van der Waals surface area contributed by atoms with Crippen molar-refractivity contribution in [3.8, 4) is 5.75 Å². The summed E-state index contributed by atoms with van der Waals surface area (Å²) in [7, 11) is 1.12. The second-order valence-corrected chi connectivity index (χ2v) is 5.57. The summed E-state index contributed by atoms with van der Waals surface area (Å²) in [6, 6.07) is 6.19. The molecular formula is C15H20O7. The van der Waals surface area contributed by atoms with Crippen molar-refractivity contribution in [3.63, 3.8) is 0 Å². The Morgan fingerprint density at radius 3 is 2.36 bits per heavy atom. The molecule has 22 heavy (non-hydrogen) atoms. The molecule has 7 nitrogen and oxygen atoms in total. The number of hydrogen-bond acceptors (Lipinski definition) is 7. The standard InChI is InChI=1S/C15H20O7/c1-15(2)21-12(8-4-6-9(16)7-5-8)13(22-15)10(17)11(18)14(19)20-3/h4-7,10-13,16-18H,1-3H3/t10?,11?,12-,13-/m0/s1. The van der Waals surface area contributed by atoms with Crippen molar-refractivity contribution in [2.45, 2.75) is 44.1 Å². The summed E-state index contributed by atoms with van der Waals surface area (Å²) >= 11 is 0. The Kier molecular flexibility index (Phi) is 4.72. The molecule has 122 valence electrons. The number of carbonyl (C=O) groups excluding carboxylic acids is 1. The number of esters is 1. The van der Waals surface area contributed by atoms with Crippen molar-refractivity contribution < 1.29 is 34.3 Å². The summed E-state index contributed by atoms with van der Waals surface area (Å²) in [4.78, 5) is 11.4. The van der Waals surface area contributed by atoms with Gasteiger partial charge in [0.25, 0.3) is 0 Å². The molecule has 3 N–H and O–H groups in total. The smallest absolute Gasteiger partial charge is 0.337 e. The Hall–Kier alpha value is -1.67. The van der Waals surface area contributed by atoms with Gasteiger partial charge in [0.2, 0.25) is 0 Å². The monoisotopic (exact) mass is 312 g/mol. The van der Waals surface area contributed by atoms with Crippen LogP contribution in [0.2, 0.25) is 0 Å². The highest BCUT2D eigenvalue weighted by molar-refractivity contribution is 5.75. The Morgan fingerprint density at radius 2 is 1.82 bits per heavy atom. The van der Waals surface area contributed by atoms with Crippen LogP contribution in [0.25, 0.3) is 0 Å². The van der Waals surface area contributed by atoms with Gasteiger partial charge in [-0.05, 0) is 31.5 Å². The average Bonchev–Trinajstić information content (AvgIpc) is 2.81. The van der Waals surface area contributed by atoms with Crippen molar-refractivity contribution >= 4 is 5.97 Å². The number of phenols is 1. The van der Waals surface area contributed by atoms with Gasteiger partial charge in [-0.2, -0.15) is 0 Å². The maximum atomic E-state index is 11.4. The highest BCUT2D eigenvalue weighted by Crippen LogP contribution is 2.40. The lowest BCUT2D eigenvalue weighted by Gasteiger charge is -2.25. The fourth-order valence-electron chi connectivity index (χ4n) is 2.40. The second kappa shape index (κ2) is 6.21. The molecule has 4 atom stereocenters. The minimum Gasteiger partial charge on any atom is -0.508 e. The molecule has 1 aliphatic heterocycles. The van der Waals surface area contributed by atoms with E-state index in [-0.39, 0.29) is 5.75 Å². The molecule has 1 aromatic rings. The SMILES string of the molecule is COC(=O)C(O)C(O)[C@@H]1OC(C)(C)O[C@H]1c1ccc(O)cc1. The molecule has 2 unspecified atom stereocenters. The highest BCUT2D eigenvalue weighted by atomic mass is 16.8. The van der Waals surface area contributed by atoms with E-state index < -0.39 is 36.2 Å². The van der Waals surface area contributed by atoms with Crippen LogP contribution in [0.5, 0.6) is 5.75 Å². The number of hydrogen-bond donors (Lipinski definition) is 3. The van der Waals surface area contributed by atoms with Gasteiger partial charge in [0.1, 0.15) is 24.1 Å². The summed E-state index contributed by atoms with van der Waals surface area (Å²) in [5, 5.41) is 29.4. The molecule has 1 heterocycles. The van der Waals surface area contributed by atoms with E-state index >= 15 is 0 Å². The summed E-state index contributed by atoms with van der Waals surface area (Å²) in [5.74, 6) is -1.86. The first-order chi connectivity index (χ1) is 10.2. The number of aliphatic hydroxyl groups is 2. The minimum atomic E-state index is -1.74.